The number of pyridine rings is 1. The van der Waals surface area contributed by atoms with Gasteiger partial charge in [0.1, 0.15) is 0 Å². The van der Waals surface area contributed by atoms with Gasteiger partial charge in [0, 0.05) is 10.7 Å². The Balaban J connectivity index is 2.10. The number of rotatable bonds is 2. The van der Waals surface area contributed by atoms with E-state index in [9.17, 15) is 0 Å². The van der Waals surface area contributed by atoms with Crippen LogP contribution in [0.1, 0.15) is 0 Å². The number of hydrogen-bond acceptors (Lipinski definition) is 4. The van der Waals surface area contributed by atoms with E-state index in [1.807, 2.05) is 29.8 Å². The van der Waals surface area contributed by atoms with Gasteiger partial charge in [0.05, 0.1) is 33.3 Å². The molecule has 0 aliphatic rings. The van der Waals surface area contributed by atoms with E-state index in [-0.39, 0.29) is 0 Å². The second-order valence-electron chi connectivity index (χ2n) is 3.49. The summed E-state index contributed by atoms with van der Waals surface area (Å²) in [5, 5.41) is 3.36. The first-order chi connectivity index (χ1) is 8.34. The number of hydrogen-bond donors (Lipinski definition) is 1. The third-order valence-corrected chi connectivity index (χ3v) is 3.90. The standard InChI is InChI=1S/C12H8BrN3S/c13-9-3-4-10-12(17-7-15-10)11(9)16-8-2-1-5-14-6-8/h1-7,16H. The number of nitrogens with one attached hydrogen (secondary N) is 1. The molecule has 0 radical (unpaired) electrons. The minimum atomic E-state index is 0.967. The van der Waals surface area contributed by atoms with Crippen LogP contribution in [0.2, 0.25) is 0 Å². The van der Waals surface area contributed by atoms with Gasteiger partial charge >= 0.3 is 0 Å². The van der Waals surface area contributed by atoms with Crippen LogP contribution in [-0.2, 0) is 0 Å². The van der Waals surface area contributed by atoms with Crippen molar-refractivity contribution in [1.82, 2.24) is 9.97 Å². The highest BCUT2D eigenvalue weighted by molar-refractivity contribution is 9.10. The van der Waals surface area contributed by atoms with Crippen LogP contribution in [0.5, 0.6) is 0 Å². The van der Waals surface area contributed by atoms with E-state index < -0.39 is 0 Å². The predicted molar refractivity (Wildman–Crippen MR) is 74.8 cm³/mol. The monoisotopic (exact) mass is 305 g/mol. The molecule has 0 fully saturated rings. The van der Waals surface area contributed by atoms with Gasteiger partial charge in [-0.1, -0.05) is 0 Å². The number of fused-ring (bicyclic) bond motifs is 1. The summed E-state index contributed by atoms with van der Waals surface area (Å²) in [5.74, 6) is 0. The average molecular weight is 306 g/mol. The zero-order chi connectivity index (χ0) is 11.7. The molecule has 3 aromatic rings. The first-order valence-electron chi connectivity index (χ1n) is 5.03. The molecule has 0 saturated carbocycles. The maximum absolute atomic E-state index is 4.30. The van der Waals surface area contributed by atoms with E-state index in [0.29, 0.717) is 0 Å². The van der Waals surface area contributed by atoms with E-state index in [1.54, 1.807) is 23.7 Å². The highest BCUT2D eigenvalue weighted by Crippen LogP contribution is 2.35. The Morgan fingerprint density at radius 2 is 2.18 bits per heavy atom. The van der Waals surface area contributed by atoms with Gasteiger partial charge < -0.3 is 5.32 Å². The summed E-state index contributed by atoms with van der Waals surface area (Å²) >= 11 is 5.18. The second kappa shape index (κ2) is 4.43. The highest BCUT2D eigenvalue weighted by Gasteiger charge is 2.08. The van der Waals surface area contributed by atoms with Crippen LogP contribution >= 0.6 is 27.3 Å². The van der Waals surface area contributed by atoms with Crippen molar-refractivity contribution in [2.45, 2.75) is 0 Å². The fourth-order valence-corrected chi connectivity index (χ4v) is 2.95. The molecule has 2 heterocycles. The van der Waals surface area contributed by atoms with Crippen LogP contribution in [0.25, 0.3) is 10.2 Å². The normalized spacial score (nSPS) is 10.6. The summed E-state index contributed by atoms with van der Waals surface area (Å²) in [6.07, 6.45) is 3.56. The van der Waals surface area contributed by atoms with Gasteiger partial charge in [0.2, 0.25) is 0 Å². The number of aromatic nitrogens is 2. The molecule has 0 saturated heterocycles. The number of nitrogens with zero attached hydrogens (tertiary/aromatic N) is 2. The van der Waals surface area contributed by atoms with E-state index in [2.05, 4.69) is 31.2 Å². The summed E-state index contributed by atoms with van der Waals surface area (Å²) in [6, 6.07) is 7.90. The summed E-state index contributed by atoms with van der Waals surface area (Å²) in [5.41, 5.74) is 4.86. The van der Waals surface area contributed by atoms with E-state index >= 15 is 0 Å². The smallest absolute Gasteiger partial charge is 0.0834 e. The Bertz CT molecular complexity index is 651. The van der Waals surface area contributed by atoms with Crippen molar-refractivity contribution >= 4 is 48.9 Å². The average Bonchev–Trinajstić information content (AvgIpc) is 2.83. The zero-order valence-corrected chi connectivity index (χ0v) is 11.1. The lowest BCUT2D eigenvalue weighted by molar-refractivity contribution is 1.32. The van der Waals surface area contributed by atoms with Crippen molar-refractivity contribution in [3.05, 3.63) is 46.6 Å². The van der Waals surface area contributed by atoms with Gasteiger partial charge in [-0.3, -0.25) is 4.98 Å². The molecule has 0 unspecified atom stereocenters. The maximum atomic E-state index is 4.30. The van der Waals surface area contributed by atoms with Crippen molar-refractivity contribution in [1.29, 1.82) is 0 Å². The van der Waals surface area contributed by atoms with E-state index in [0.717, 1.165) is 26.1 Å². The molecule has 5 heteroatoms. The molecule has 1 N–H and O–H groups in total. The van der Waals surface area contributed by atoms with Gasteiger partial charge in [-0.05, 0) is 40.2 Å². The van der Waals surface area contributed by atoms with Crippen LogP contribution in [0.15, 0.2) is 46.6 Å². The Kier molecular flexibility index (Phi) is 2.78. The molecule has 2 aromatic heterocycles. The fraction of sp³-hybridized carbons (Fsp3) is 0. The first-order valence-corrected chi connectivity index (χ1v) is 6.70. The molecule has 0 aliphatic heterocycles. The number of halogens is 1. The summed E-state index contributed by atoms with van der Waals surface area (Å²) in [7, 11) is 0. The van der Waals surface area contributed by atoms with E-state index in [1.165, 1.54) is 0 Å². The Morgan fingerprint density at radius 1 is 1.24 bits per heavy atom. The third-order valence-electron chi connectivity index (χ3n) is 2.38. The Labute approximate surface area is 111 Å². The molecular formula is C12H8BrN3S. The Hall–Kier alpha value is -1.46. The molecule has 0 atom stereocenters. The van der Waals surface area contributed by atoms with Crippen LogP contribution < -0.4 is 5.32 Å². The third kappa shape index (κ3) is 2.03. The van der Waals surface area contributed by atoms with Crippen molar-refractivity contribution in [3.63, 3.8) is 0 Å². The van der Waals surface area contributed by atoms with Gasteiger partial charge in [0.25, 0.3) is 0 Å². The molecule has 84 valence electrons. The quantitative estimate of drug-likeness (QED) is 0.771. The first kappa shape index (κ1) is 10.7. The molecule has 0 amide bonds. The molecule has 1 aromatic carbocycles. The molecule has 0 spiro atoms. The number of anilines is 2. The van der Waals surface area contributed by atoms with Crippen LogP contribution in [0.4, 0.5) is 11.4 Å². The lowest BCUT2D eigenvalue weighted by Gasteiger charge is -2.08. The van der Waals surface area contributed by atoms with E-state index in [4.69, 9.17) is 0 Å². The van der Waals surface area contributed by atoms with Crippen LogP contribution in [0.3, 0.4) is 0 Å². The topological polar surface area (TPSA) is 37.8 Å². The minimum absolute atomic E-state index is 0.967. The van der Waals surface area contributed by atoms with Crippen molar-refractivity contribution in [2.75, 3.05) is 5.32 Å². The summed E-state index contributed by atoms with van der Waals surface area (Å²) < 4.78 is 2.17. The highest BCUT2D eigenvalue weighted by atomic mass is 79.9. The van der Waals surface area contributed by atoms with Crippen LogP contribution in [-0.4, -0.2) is 9.97 Å². The Morgan fingerprint density at radius 3 is 3.00 bits per heavy atom. The largest absolute Gasteiger partial charge is 0.352 e. The lowest BCUT2D eigenvalue weighted by Crippen LogP contribution is -1.92. The van der Waals surface area contributed by atoms with Crippen molar-refractivity contribution in [3.8, 4) is 0 Å². The maximum Gasteiger partial charge on any atom is 0.0834 e. The van der Waals surface area contributed by atoms with Gasteiger partial charge in [-0.2, -0.15) is 0 Å². The molecule has 17 heavy (non-hydrogen) atoms. The molecule has 3 nitrogen and oxygen atoms in total. The van der Waals surface area contributed by atoms with Crippen LogP contribution in [0, 0.1) is 0 Å². The number of benzene rings is 1. The zero-order valence-electron chi connectivity index (χ0n) is 8.72. The SMILES string of the molecule is Brc1ccc2ncsc2c1Nc1cccnc1. The van der Waals surface area contributed by atoms with Crippen molar-refractivity contribution < 1.29 is 0 Å². The second-order valence-corrected chi connectivity index (χ2v) is 5.20. The molecular weight excluding hydrogens is 298 g/mol. The molecule has 0 aliphatic carbocycles. The molecule has 0 bridgehead atoms. The lowest BCUT2D eigenvalue weighted by atomic mass is 10.3. The summed E-state index contributed by atoms with van der Waals surface area (Å²) in [4.78, 5) is 8.39. The predicted octanol–water partition coefficient (Wildman–Crippen LogP) is 4.20. The van der Waals surface area contributed by atoms with Crippen molar-refractivity contribution in [2.24, 2.45) is 0 Å². The summed E-state index contributed by atoms with van der Waals surface area (Å²) in [6.45, 7) is 0. The van der Waals surface area contributed by atoms with Gasteiger partial charge in [-0.15, -0.1) is 11.3 Å². The fourth-order valence-electron chi connectivity index (χ4n) is 1.60. The molecule has 3 rings (SSSR count). The van der Waals surface area contributed by atoms with Gasteiger partial charge in [-0.25, -0.2) is 4.98 Å². The minimum Gasteiger partial charge on any atom is -0.352 e. The van der Waals surface area contributed by atoms with Gasteiger partial charge in [0.15, 0.2) is 0 Å². The number of thiazole rings is 1.